The number of Topliss-reactive ketones (excluding diaryl/α,β-unsaturated/α-hetero) is 2. The fourth-order valence-electron chi connectivity index (χ4n) is 6.96. The number of carbonyl (C=O) groups is 4. The Morgan fingerprint density at radius 1 is 1.16 bits per heavy atom. The van der Waals surface area contributed by atoms with Gasteiger partial charge in [-0.05, 0) is 69.7 Å². The topological polar surface area (TPSA) is 212 Å². The number of benzene rings is 1. The largest absolute Gasteiger partial charge is 0.508 e. The van der Waals surface area contributed by atoms with Gasteiger partial charge >= 0.3 is 0 Å². The second-order valence-electron chi connectivity index (χ2n) is 12.3. The lowest BCUT2D eigenvalue weighted by Gasteiger charge is -2.50. The summed E-state index contributed by atoms with van der Waals surface area (Å²) in [5.74, 6) is -7.20. The number of amides is 2. The second kappa shape index (κ2) is 11.1. The zero-order chi connectivity index (χ0) is 31.5. The third-order valence-electron chi connectivity index (χ3n) is 9.28. The van der Waals surface area contributed by atoms with Gasteiger partial charge in [-0.3, -0.25) is 28.9 Å². The predicted octanol–water partition coefficient (Wildman–Crippen LogP) is 1.00. The molecule has 0 heterocycles. The van der Waals surface area contributed by atoms with E-state index in [1.165, 1.54) is 11.0 Å². The number of phenols is 1. The average molecular weight is 599 g/mol. The summed E-state index contributed by atoms with van der Waals surface area (Å²) in [6, 6.07) is 1.23. The van der Waals surface area contributed by atoms with E-state index in [1.54, 1.807) is 27.1 Å². The first-order valence-electron chi connectivity index (χ1n) is 14.4. The zero-order valence-corrected chi connectivity index (χ0v) is 24.5. The number of fused-ring (bicyclic) bond motifs is 3. The number of nitrogens with zero attached hydrogens (tertiary/aromatic N) is 1. The van der Waals surface area contributed by atoms with Gasteiger partial charge in [0.2, 0.25) is 11.7 Å². The number of phenolic OH excluding ortho intramolecular Hbond substituents is 1. The fraction of sp³-hybridized carbons (Fsp3) is 0.533. The molecule has 5 rings (SSSR count). The Hall–Kier alpha value is -3.78. The van der Waals surface area contributed by atoms with Gasteiger partial charge in [-0.1, -0.05) is 19.9 Å². The number of carbonyl (C=O) groups excluding carboxylic acids is 4. The number of aliphatic hydroxyl groups excluding tert-OH is 2. The van der Waals surface area contributed by atoms with E-state index in [1.807, 2.05) is 0 Å². The molecule has 4 aliphatic rings. The summed E-state index contributed by atoms with van der Waals surface area (Å²) in [6.45, 7) is 3.91. The number of aromatic hydroxyl groups is 1. The van der Waals surface area contributed by atoms with Crippen molar-refractivity contribution in [3.63, 3.8) is 0 Å². The van der Waals surface area contributed by atoms with Crippen LogP contribution < -0.4 is 16.5 Å². The number of hydroxylamine groups is 1. The molecular weight excluding hydrogens is 560 g/mol. The molecule has 1 aromatic rings. The second-order valence-corrected chi connectivity index (χ2v) is 12.3. The molecule has 0 aromatic heterocycles. The summed E-state index contributed by atoms with van der Waals surface area (Å²) < 4.78 is 0. The molecule has 0 saturated heterocycles. The van der Waals surface area contributed by atoms with Crippen LogP contribution in [0.2, 0.25) is 0 Å². The number of rotatable bonds is 8. The van der Waals surface area contributed by atoms with Crippen LogP contribution in [0, 0.1) is 17.8 Å². The molecule has 4 aliphatic carbocycles. The van der Waals surface area contributed by atoms with Crippen molar-refractivity contribution >= 4 is 34.8 Å². The number of aliphatic hydroxyl groups is 3. The molecule has 0 spiro atoms. The number of anilines is 1. The quantitative estimate of drug-likeness (QED) is 0.127. The van der Waals surface area contributed by atoms with Gasteiger partial charge in [-0.25, -0.2) is 0 Å². The van der Waals surface area contributed by atoms with Crippen LogP contribution in [0.25, 0.3) is 5.76 Å². The Balaban J connectivity index is 1.48. The van der Waals surface area contributed by atoms with E-state index in [0.717, 1.165) is 12.8 Å². The first-order valence-corrected chi connectivity index (χ1v) is 14.4. The number of primary amides is 1. The molecule has 5 atom stereocenters. The highest BCUT2D eigenvalue weighted by atomic mass is 16.7. The Morgan fingerprint density at radius 2 is 1.84 bits per heavy atom. The highest BCUT2D eigenvalue weighted by Crippen LogP contribution is 2.53. The number of hydrogen-bond donors (Lipinski definition) is 7. The Kier molecular flexibility index (Phi) is 7.88. The highest BCUT2D eigenvalue weighted by molar-refractivity contribution is 6.24. The fourth-order valence-corrected chi connectivity index (χ4v) is 6.96. The minimum Gasteiger partial charge on any atom is -0.508 e. The van der Waals surface area contributed by atoms with Crippen LogP contribution in [-0.4, -0.2) is 86.6 Å². The third kappa shape index (κ3) is 4.80. The summed E-state index contributed by atoms with van der Waals surface area (Å²) in [5.41, 5.74) is 4.66. The first kappa shape index (κ1) is 30.7. The Morgan fingerprint density at radius 3 is 2.42 bits per heavy atom. The molecular formula is C30H38N4O9. The number of nitrogens with one attached hydrogen (secondary N) is 2. The molecule has 2 saturated carbocycles. The normalized spacial score (nSPS) is 30.8. The minimum atomic E-state index is -2.72. The molecule has 0 aliphatic heterocycles. The molecule has 3 unspecified atom stereocenters. The monoisotopic (exact) mass is 598 g/mol. The van der Waals surface area contributed by atoms with Crippen molar-refractivity contribution in [2.75, 3.05) is 19.4 Å². The van der Waals surface area contributed by atoms with Crippen molar-refractivity contribution in [1.82, 2.24) is 10.4 Å². The van der Waals surface area contributed by atoms with Gasteiger partial charge in [0.25, 0.3) is 5.91 Å². The van der Waals surface area contributed by atoms with Crippen molar-refractivity contribution in [3.05, 3.63) is 40.2 Å². The molecule has 0 bridgehead atoms. The first-order chi connectivity index (χ1) is 20.2. The van der Waals surface area contributed by atoms with Crippen LogP contribution in [0.3, 0.4) is 0 Å². The molecule has 1 aromatic carbocycles. The maximum absolute atomic E-state index is 14.0. The maximum atomic E-state index is 14.0. The number of likely N-dealkylation sites (N-methyl/N-ethyl adjacent to an activating group) is 1. The lowest BCUT2D eigenvalue weighted by molar-refractivity contribution is -0.153. The molecule has 13 heteroatoms. The van der Waals surface area contributed by atoms with Gasteiger partial charge in [0.05, 0.1) is 23.4 Å². The SMILES string of the molecule is CCC(NOC1CC(C)C1)C(=O)Nc1ccc2c(c1O)C(O)=C1C(=O)[C@]3(O)C(O)=C(C(N)=O)C(=O)[C@@H](N(C)C)C3CC1C2. The summed E-state index contributed by atoms with van der Waals surface area (Å²) in [5, 5.41) is 47.9. The predicted molar refractivity (Wildman–Crippen MR) is 153 cm³/mol. The van der Waals surface area contributed by atoms with Crippen molar-refractivity contribution in [1.29, 1.82) is 0 Å². The number of hydrogen-bond acceptors (Lipinski definition) is 11. The molecule has 232 valence electrons. The number of nitrogens with two attached hydrogens (primary N) is 1. The van der Waals surface area contributed by atoms with E-state index >= 15 is 0 Å². The summed E-state index contributed by atoms with van der Waals surface area (Å²) >= 11 is 0. The smallest absolute Gasteiger partial charge is 0.255 e. The van der Waals surface area contributed by atoms with Crippen LogP contribution in [-0.2, 0) is 30.4 Å². The van der Waals surface area contributed by atoms with Gasteiger partial charge in [-0.15, -0.1) is 0 Å². The Labute approximate surface area is 248 Å². The zero-order valence-electron chi connectivity index (χ0n) is 24.5. The maximum Gasteiger partial charge on any atom is 0.255 e. The van der Waals surface area contributed by atoms with Crippen molar-refractivity contribution in [3.8, 4) is 5.75 Å². The minimum absolute atomic E-state index is 0.00532. The van der Waals surface area contributed by atoms with Crippen molar-refractivity contribution in [2.45, 2.75) is 69.7 Å². The van der Waals surface area contributed by atoms with Crippen LogP contribution in [0.5, 0.6) is 5.75 Å². The average Bonchev–Trinajstić information content (AvgIpc) is 2.91. The van der Waals surface area contributed by atoms with E-state index in [0.29, 0.717) is 17.9 Å². The molecule has 2 fully saturated rings. The van der Waals surface area contributed by atoms with Crippen molar-refractivity contribution < 1.29 is 44.4 Å². The van der Waals surface area contributed by atoms with Gasteiger partial charge < -0.3 is 31.5 Å². The van der Waals surface area contributed by atoms with Gasteiger partial charge in [-0.2, -0.15) is 5.48 Å². The van der Waals surface area contributed by atoms with Crippen LogP contribution in [0.15, 0.2) is 29.0 Å². The van der Waals surface area contributed by atoms with E-state index in [4.69, 9.17) is 10.6 Å². The van der Waals surface area contributed by atoms with Crippen molar-refractivity contribution in [2.24, 2.45) is 23.5 Å². The summed E-state index contributed by atoms with van der Waals surface area (Å²) in [7, 11) is 3.08. The lowest BCUT2D eigenvalue weighted by atomic mass is 9.57. The van der Waals surface area contributed by atoms with Crippen LogP contribution in [0.1, 0.15) is 50.7 Å². The summed E-state index contributed by atoms with van der Waals surface area (Å²) in [4.78, 5) is 59.3. The lowest BCUT2D eigenvalue weighted by Crippen LogP contribution is -2.65. The standard InChI is InChI=1S/C30H38N4O9/c1-5-17(33-43-15-8-12(2)9-15)29(41)32-18-7-6-13-10-14-11-16-22(34(3)4)25(37)21(28(31)40)27(39)30(16,42)26(38)20(14)24(36)19(13)23(18)35/h6-7,12,14-17,22,33,35-36,39,42H,5,8-11H2,1-4H3,(H2,31,40)(H,32,41)/t12?,14?,15?,16?,17?,22-,30-/m0/s1. The number of ketones is 2. The van der Waals surface area contributed by atoms with Crippen LogP contribution in [0.4, 0.5) is 5.69 Å². The summed E-state index contributed by atoms with van der Waals surface area (Å²) in [6.07, 6.45) is 2.35. The Bertz CT molecular complexity index is 1460. The van der Waals surface area contributed by atoms with Gasteiger partial charge in [0.15, 0.2) is 11.4 Å². The van der Waals surface area contributed by atoms with E-state index in [2.05, 4.69) is 17.7 Å². The van der Waals surface area contributed by atoms with Crippen LogP contribution >= 0.6 is 0 Å². The third-order valence-corrected chi connectivity index (χ3v) is 9.28. The van der Waals surface area contributed by atoms with E-state index in [9.17, 15) is 39.6 Å². The van der Waals surface area contributed by atoms with E-state index in [-0.39, 0.29) is 35.8 Å². The van der Waals surface area contributed by atoms with Gasteiger partial charge in [0.1, 0.15) is 28.9 Å². The molecule has 43 heavy (non-hydrogen) atoms. The molecule has 0 radical (unpaired) electrons. The molecule has 8 N–H and O–H groups in total. The molecule has 2 amide bonds. The van der Waals surface area contributed by atoms with E-state index < -0.39 is 75.7 Å². The molecule has 13 nitrogen and oxygen atoms in total. The van der Waals surface area contributed by atoms with Gasteiger partial charge in [0, 0.05) is 11.5 Å². The highest BCUT2D eigenvalue weighted by Gasteiger charge is 2.64.